The molecule has 0 spiro atoms. The fourth-order valence-electron chi connectivity index (χ4n) is 3.54. The van der Waals surface area contributed by atoms with E-state index in [1.165, 1.54) is 12.1 Å². The van der Waals surface area contributed by atoms with Crippen molar-refractivity contribution in [2.75, 3.05) is 44.3 Å². The number of carbonyl (C=O) groups excluding carboxylic acids is 1. The summed E-state index contributed by atoms with van der Waals surface area (Å²) in [5.74, 6) is 0.974. The van der Waals surface area contributed by atoms with Crippen LogP contribution < -0.4 is 9.64 Å². The van der Waals surface area contributed by atoms with Gasteiger partial charge in [0.15, 0.2) is 0 Å². The predicted octanol–water partition coefficient (Wildman–Crippen LogP) is 3.89. The van der Waals surface area contributed by atoms with E-state index in [0.29, 0.717) is 45.0 Å². The van der Waals surface area contributed by atoms with Crippen LogP contribution in [-0.4, -0.2) is 55.2 Å². The van der Waals surface area contributed by atoms with Crippen LogP contribution in [0.25, 0.3) is 6.08 Å². The van der Waals surface area contributed by atoms with E-state index in [9.17, 15) is 13.6 Å². The molecule has 1 fully saturated rings. The summed E-state index contributed by atoms with van der Waals surface area (Å²) in [4.78, 5) is 20.4. The molecule has 2 aromatic rings. The molecule has 1 amide bonds. The second kappa shape index (κ2) is 9.21. The van der Waals surface area contributed by atoms with Crippen molar-refractivity contribution in [3.8, 4) is 11.6 Å². The summed E-state index contributed by atoms with van der Waals surface area (Å²) >= 11 is 0. The summed E-state index contributed by atoms with van der Waals surface area (Å²) in [6.07, 6.45) is 3.07. The zero-order chi connectivity index (χ0) is 20.9. The van der Waals surface area contributed by atoms with Crippen LogP contribution in [0.3, 0.4) is 0 Å². The molecule has 1 saturated heterocycles. The monoisotopic (exact) mass is 415 g/mol. The molecule has 0 N–H and O–H groups in total. The highest BCUT2D eigenvalue weighted by atomic mass is 19.3. The van der Waals surface area contributed by atoms with Crippen LogP contribution in [0.5, 0.6) is 11.6 Å². The molecular formula is C22H23F2N3O3. The third kappa shape index (κ3) is 4.76. The van der Waals surface area contributed by atoms with E-state index < -0.39 is 6.43 Å². The summed E-state index contributed by atoms with van der Waals surface area (Å²) in [5.41, 5.74) is 1.86. The van der Waals surface area contributed by atoms with Gasteiger partial charge in [0.1, 0.15) is 5.75 Å². The number of hydrogen-bond donors (Lipinski definition) is 0. The topological polar surface area (TPSA) is 54.9 Å². The number of aromatic nitrogens is 1. The Morgan fingerprint density at radius 1 is 1.20 bits per heavy atom. The van der Waals surface area contributed by atoms with Crippen LogP contribution in [0.15, 0.2) is 42.6 Å². The van der Waals surface area contributed by atoms with Gasteiger partial charge in [0, 0.05) is 61.7 Å². The summed E-state index contributed by atoms with van der Waals surface area (Å²) in [6, 6.07) is 8.38. The van der Waals surface area contributed by atoms with Gasteiger partial charge in [-0.2, -0.15) is 0 Å². The van der Waals surface area contributed by atoms with Crippen molar-refractivity contribution >= 4 is 17.7 Å². The highest BCUT2D eigenvalue weighted by Crippen LogP contribution is 2.31. The van der Waals surface area contributed by atoms with Crippen molar-refractivity contribution in [1.29, 1.82) is 0 Å². The minimum absolute atomic E-state index is 0.141. The molecule has 6 nitrogen and oxygen atoms in total. The second-order valence-electron chi connectivity index (χ2n) is 7.14. The molecule has 0 bridgehead atoms. The fraction of sp³-hybridized carbons (Fsp3) is 0.364. The number of nitrogens with zero attached hydrogens (tertiary/aromatic N) is 3. The maximum absolute atomic E-state index is 12.6. The van der Waals surface area contributed by atoms with Gasteiger partial charge < -0.3 is 19.3 Å². The minimum Gasteiger partial charge on any atom is -0.439 e. The molecule has 4 rings (SSSR count). The van der Waals surface area contributed by atoms with Gasteiger partial charge in [0.05, 0.1) is 13.2 Å². The van der Waals surface area contributed by atoms with Crippen LogP contribution in [0.2, 0.25) is 0 Å². The Kier molecular flexibility index (Phi) is 6.23. The van der Waals surface area contributed by atoms with Gasteiger partial charge in [0.25, 0.3) is 6.43 Å². The van der Waals surface area contributed by atoms with E-state index in [-0.39, 0.29) is 17.4 Å². The third-order valence-corrected chi connectivity index (χ3v) is 5.16. The number of amides is 1. The quantitative estimate of drug-likeness (QED) is 0.717. The van der Waals surface area contributed by atoms with Crippen LogP contribution >= 0.6 is 0 Å². The zero-order valence-electron chi connectivity index (χ0n) is 16.5. The molecule has 2 aliphatic rings. The molecule has 0 radical (unpaired) electrons. The largest absolute Gasteiger partial charge is 0.439 e. The standard InChI is InChI=1S/C22H23F2N3O3/c23-22(24)17-3-6-20(25-15-17)30-18-4-5-19-16(14-18)2-1-8-26(19)9-7-21(28)27-10-12-29-13-11-27/h1-6,14-15,22H,7-13H2. The number of alkyl halides is 2. The van der Waals surface area contributed by atoms with Gasteiger partial charge in [-0.1, -0.05) is 12.2 Å². The highest BCUT2D eigenvalue weighted by molar-refractivity contribution is 5.78. The van der Waals surface area contributed by atoms with Crippen LogP contribution in [-0.2, 0) is 9.53 Å². The van der Waals surface area contributed by atoms with E-state index in [1.54, 1.807) is 0 Å². The van der Waals surface area contributed by atoms with E-state index in [4.69, 9.17) is 9.47 Å². The van der Waals surface area contributed by atoms with Crippen LogP contribution in [0, 0.1) is 0 Å². The summed E-state index contributed by atoms with van der Waals surface area (Å²) < 4.78 is 36.3. The number of carbonyl (C=O) groups is 1. The lowest BCUT2D eigenvalue weighted by Gasteiger charge is -2.31. The number of halogens is 2. The lowest BCUT2D eigenvalue weighted by atomic mass is 10.1. The Labute approximate surface area is 173 Å². The molecule has 158 valence electrons. The predicted molar refractivity (Wildman–Crippen MR) is 109 cm³/mol. The van der Waals surface area contributed by atoms with Gasteiger partial charge >= 0.3 is 0 Å². The molecule has 1 aromatic heterocycles. The summed E-state index contributed by atoms with van der Waals surface area (Å²) in [7, 11) is 0. The van der Waals surface area contributed by atoms with Gasteiger partial charge in [0.2, 0.25) is 11.8 Å². The van der Waals surface area contributed by atoms with E-state index in [2.05, 4.69) is 9.88 Å². The Hall–Kier alpha value is -3.00. The number of morpholine rings is 1. The summed E-state index contributed by atoms with van der Waals surface area (Å²) in [5, 5.41) is 0. The first kappa shape index (κ1) is 20.3. The minimum atomic E-state index is -2.55. The number of pyridine rings is 1. The lowest BCUT2D eigenvalue weighted by Crippen LogP contribution is -2.42. The zero-order valence-corrected chi connectivity index (χ0v) is 16.5. The maximum Gasteiger partial charge on any atom is 0.265 e. The Balaban J connectivity index is 1.39. The Morgan fingerprint density at radius 2 is 2.03 bits per heavy atom. The number of hydrogen-bond acceptors (Lipinski definition) is 5. The highest BCUT2D eigenvalue weighted by Gasteiger charge is 2.20. The van der Waals surface area contributed by atoms with E-state index >= 15 is 0 Å². The van der Waals surface area contributed by atoms with Crippen molar-refractivity contribution in [1.82, 2.24) is 9.88 Å². The molecule has 8 heteroatoms. The van der Waals surface area contributed by atoms with Crippen LogP contribution in [0.1, 0.15) is 24.0 Å². The molecule has 2 aliphatic heterocycles. The molecule has 3 heterocycles. The Morgan fingerprint density at radius 3 is 2.77 bits per heavy atom. The van der Waals surface area contributed by atoms with Crippen LogP contribution in [0.4, 0.5) is 14.5 Å². The van der Waals surface area contributed by atoms with Crippen molar-refractivity contribution in [2.45, 2.75) is 12.8 Å². The van der Waals surface area contributed by atoms with Crippen molar-refractivity contribution in [3.05, 3.63) is 53.7 Å². The van der Waals surface area contributed by atoms with Crippen molar-refractivity contribution < 1.29 is 23.0 Å². The first-order chi connectivity index (χ1) is 14.6. The third-order valence-electron chi connectivity index (χ3n) is 5.16. The number of benzene rings is 1. The van der Waals surface area contributed by atoms with E-state index in [0.717, 1.165) is 24.0 Å². The average molecular weight is 415 g/mol. The fourth-order valence-corrected chi connectivity index (χ4v) is 3.54. The molecule has 0 saturated carbocycles. The van der Waals surface area contributed by atoms with Gasteiger partial charge in [-0.15, -0.1) is 0 Å². The molecule has 0 aliphatic carbocycles. The van der Waals surface area contributed by atoms with Gasteiger partial charge in [-0.25, -0.2) is 13.8 Å². The molecule has 1 aromatic carbocycles. The maximum atomic E-state index is 12.6. The first-order valence-corrected chi connectivity index (χ1v) is 9.93. The lowest BCUT2D eigenvalue weighted by molar-refractivity contribution is -0.135. The summed E-state index contributed by atoms with van der Waals surface area (Å²) in [6.45, 7) is 3.88. The molecule has 0 unspecified atom stereocenters. The van der Waals surface area contributed by atoms with E-state index in [1.807, 2.05) is 35.3 Å². The number of rotatable bonds is 6. The smallest absolute Gasteiger partial charge is 0.265 e. The van der Waals surface area contributed by atoms with Crippen molar-refractivity contribution in [2.24, 2.45) is 0 Å². The van der Waals surface area contributed by atoms with Gasteiger partial charge in [-0.05, 0) is 24.3 Å². The normalized spacial score (nSPS) is 16.0. The average Bonchev–Trinajstić information content (AvgIpc) is 2.78. The number of anilines is 1. The van der Waals surface area contributed by atoms with Gasteiger partial charge in [-0.3, -0.25) is 4.79 Å². The molecule has 30 heavy (non-hydrogen) atoms. The number of fused-ring (bicyclic) bond motifs is 1. The second-order valence-corrected chi connectivity index (χ2v) is 7.14. The first-order valence-electron chi connectivity index (χ1n) is 9.93. The number of ether oxygens (including phenoxy) is 2. The van der Waals surface area contributed by atoms with Crippen molar-refractivity contribution in [3.63, 3.8) is 0 Å². The SMILES string of the molecule is O=C(CCN1CC=Cc2cc(Oc3ccc(C(F)F)cn3)ccc21)N1CCOCC1. The Bertz CT molecular complexity index is 912. The molecule has 0 atom stereocenters. The molecular weight excluding hydrogens is 392 g/mol.